The van der Waals surface area contributed by atoms with E-state index in [0.717, 1.165) is 11.1 Å². The number of hydrogen-bond donors (Lipinski definition) is 1. The average Bonchev–Trinajstić information content (AvgIpc) is 3.64. The number of aryl methyl sites for hydroxylation is 1. The van der Waals surface area contributed by atoms with Crippen molar-refractivity contribution < 1.29 is 0 Å². The second-order valence-corrected chi connectivity index (χ2v) is 15.9. The second-order valence-electron chi connectivity index (χ2n) is 15.9. The van der Waals surface area contributed by atoms with E-state index < -0.39 is 5.41 Å². The Morgan fingerprint density at radius 3 is 1.61 bits per heavy atom. The molecule has 0 unspecified atom stereocenters. The van der Waals surface area contributed by atoms with Crippen molar-refractivity contribution in [1.29, 1.82) is 5.41 Å². The summed E-state index contributed by atoms with van der Waals surface area (Å²) in [6.45, 7) is 5.81. The van der Waals surface area contributed by atoms with E-state index in [1.807, 2.05) is 60.7 Å². The molecule has 0 amide bonds. The van der Waals surface area contributed by atoms with Crippen LogP contribution in [-0.4, -0.2) is 12.4 Å². The van der Waals surface area contributed by atoms with E-state index in [4.69, 9.17) is 5.41 Å². The highest BCUT2D eigenvalue weighted by molar-refractivity contribution is 6.26. The van der Waals surface area contributed by atoms with Gasteiger partial charge in [-0.25, -0.2) is 0 Å². The third kappa shape index (κ3) is 6.54. The highest BCUT2D eigenvalue weighted by Gasteiger charge is 2.46. The minimum Gasteiger partial charge on any atom is -0.300 e. The van der Waals surface area contributed by atoms with Gasteiger partial charge in [0, 0.05) is 5.56 Å². The van der Waals surface area contributed by atoms with Crippen LogP contribution in [-0.2, 0) is 5.41 Å². The number of fused-ring (bicyclic) bond motifs is 9. The molecule has 1 N–H and O–H groups in total. The van der Waals surface area contributed by atoms with Crippen LogP contribution in [0.15, 0.2) is 236 Å². The maximum Gasteiger partial charge on any atom is 0.0716 e. The minimum absolute atomic E-state index is 0.402. The first-order chi connectivity index (χ1) is 30.6. The van der Waals surface area contributed by atoms with Gasteiger partial charge in [-0.1, -0.05) is 212 Å². The largest absolute Gasteiger partial charge is 0.300 e. The summed E-state index contributed by atoms with van der Waals surface area (Å²) in [6, 6.07) is 80.1. The Morgan fingerprint density at radius 1 is 0.452 bits per heavy atom. The monoisotopic (exact) mass is 792 g/mol. The summed E-state index contributed by atoms with van der Waals surface area (Å²) in [7, 11) is 0. The standard InChI is InChI=1S/C44H30.C16H14N2/c1-29-13-12-21-39-35-19-9-8-18-34(35)36-25-23-30(27-40(36)43(29)39)31-24-26-38-37-20-10-11-22-41(37)44(42(38)28-31,32-14-4-2-5-15-32)33-16-6-3-7-17-33;1-18-16(14-10-6-3-7-11-14)12-15(17)13-8-4-2-5-9-13/h2-28H,1H3;2-12,17H,1H2/b;16-12-,17-15?. The fourth-order valence-electron chi connectivity index (χ4n) is 9.66. The molecule has 0 bridgehead atoms. The van der Waals surface area contributed by atoms with Crippen LogP contribution >= 0.6 is 0 Å². The van der Waals surface area contributed by atoms with Gasteiger partial charge in [0.15, 0.2) is 0 Å². The molecule has 0 spiro atoms. The van der Waals surface area contributed by atoms with Crippen LogP contribution in [0.2, 0.25) is 0 Å². The molecule has 0 radical (unpaired) electrons. The summed E-state index contributed by atoms with van der Waals surface area (Å²) in [6.07, 6.45) is 1.73. The molecule has 0 saturated carbocycles. The molecule has 1 aliphatic rings. The van der Waals surface area contributed by atoms with Gasteiger partial charge in [0.25, 0.3) is 0 Å². The molecule has 0 atom stereocenters. The van der Waals surface area contributed by atoms with Crippen molar-refractivity contribution >= 4 is 50.4 Å². The molecule has 1 aliphatic carbocycles. The van der Waals surface area contributed by atoms with E-state index in [1.165, 1.54) is 82.4 Å². The van der Waals surface area contributed by atoms with Gasteiger partial charge >= 0.3 is 0 Å². The third-order valence-electron chi connectivity index (χ3n) is 12.5. The Morgan fingerprint density at radius 2 is 0.952 bits per heavy atom. The Labute approximate surface area is 363 Å². The molecule has 10 aromatic rings. The molecule has 2 nitrogen and oxygen atoms in total. The Hall–Kier alpha value is -7.94. The molecule has 0 aromatic heterocycles. The van der Waals surface area contributed by atoms with E-state index in [2.05, 4.69) is 182 Å². The summed E-state index contributed by atoms with van der Waals surface area (Å²) in [5, 5.41) is 16.0. The lowest BCUT2D eigenvalue weighted by atomic mass is 9.67. The predicted molar refractivity (Wildman–Crippen MR) is 264 cm³/mol. The van der Waals surface area contributed by atoms with E-state index in [1.54, 1.807) is 6.08 Å². The zero-order chi connectivity index (χ0) is 42.0. The van der Waals surface area contributed by atoms with Gasteiger partial charge in [0.2, 0.25) is 0 Å². The zero-order valence-corrected chi connectivity index (χ0v) is 34.6. The number of benzene rings is 10. The van der Waals surface area contributed by atoms with Crippen molar-refractivity contribution in [3.8, 4) is 22.3 Å². The van der Waals surface area contributed by atoms with Gasteiger partial charge < -0.3 is 5.41 Å². The molecular weight excluding hydrogens is 749 g/mol. The van der Waals surface area contributed by atoms with Crippen molar-refractivity contribution in [2.45, 2.75) is 12.3 Å². The maximum atomic E-state index is 8.05. The van der Waals surface area contributed by atoms with Crippen LogP contribution in [0.5, 0.6) is 0 Å². The Kier molecular flexibility index (Phi) is 10.0. The first-order valence-corrected chi connectivity index (χ1v) is 21.1. The topological polar surface area (TPSA) is 36.2 Å². The lowest BCUT2D eigenvalue weighted by Crippen LogP contribution is -2.28. The lowest BCUT2D eigenvalue weighted by Gasteiger charge is -2.34. The van der Waals surface area contributed by atoms with Crippen LogP contribution < -0.4 is 0 Å². The number of nitrogens with one attached hydrogen (secondary N) is 1. The van der Waals surface area contributed by atoms with Gasteiger partial charge in [-0.2, -0.15) is 0 Å². The molecule has 0 fully saturated rings. The summed E-state index contributed by atoms with van der Waals surface area (Å²) in [5.74, 6) is 0. The maximum absolute atomic E-state index is 8.05. The van der Waals surface area contributed by atoms with Gasteiger partial charge in [-0.3, -0.25) is 4.99 Å². The predicted octanol–water partition coefficient (Wildman–Crippen LogP) is 15.3. The van der Waals surface area contributed by atoms with Gasteiger partial charge in [0.1, 0.15) is 0 Å². The van der Waals surface area contributed by atoms with E-state index in [9.17, 15) is 0 Å². The number of hydrogen-bond acceptors (Lipinski definition) is 2. The van der Waals surface area contributed by atoms with Crippen molar-refractivity contribution in [3.63, 3.8) is 0 Å². The fourth-order valence-corrected chi connectivity index (χ4v) is 9.66. The fraction of sp³-hybridized carbons (Fsp3) is 0.0333. The molecule has 10 aromatic carbocycles. The minimum atomic E-state index is -0.402. The molecule has 0 heterocycles. The zero-order valence-electron chi connectivity index (χ0n) is 34.6. The molecule has 2 heteroatoms. The third-order valence-corrected chi connectivity index (χ3v) is 12.5. The lowest BCUT2D eigenvalue weighted by molar-refractivity contribution is 0.769. The first kappa shape index (κ1) is 38.3. The van der Waals surface area contributed by atoms with Crippen LogP contribution in [0, 0.1) is 12.3 Å². The quantitative estimate of drug-likeness (QED) is 0.123. The van der Waals surface area contributed by atoms with E-state index in [0.29, 0.717) is 11.4 Å². The van der Waals surface area contributed by atoms with Crippen LogP contribution in [0.25, 0.3) is 60.3 Å². The normalized spacial score (nSPS) is 12.6. The van der Waals surface area contributed by atoms with Crippen LogP contribution in [0.4, 0.5) is 0 Å². The Bertz CT molecular complexity index is 3270. The SMILES string of the molecule is C=N/C(=C\C(=N)c1ccccc1)c1ccccc1.Cc1cccc2c3ccccc3c3ccc(-c4ccc5c(c4)C(c4ccccc4)(c4ccccc4)c4ccccc4-5)cc3c12. The van der Waals surface area contributed by atoms with Gasteiger partial charge in [-0.15, -0.1) is 0 Å². The molecule has 294 valence electrons. The highest BCUT2D eigenvalue weighted by Crippen LogP contribution is 2.56. The molecule has 62 heavy (non-hydrogen) atoms. The van der Waals surface area contributed by atoms with Crippen molar-refractivity contribution in [2.75, 3.05) is 0 Å². The van der Waals surface area contributed by atoms with Gasteiger partial charge in [0.05, 0.1) is 16.8 Å². The number of nitrogens with zero attached hydrogens (tertiary/aromatic N) is 1. The highest BCUT2D eigenvalue weighted by atomic mass is 14.7. The van der Waals surface area contributed by atoms with Gasteiger partial charge in [-0.05, 0) is 120 Å². The number of allylic oxidation sites excluding steroid dienone is 1. The van der Waals surface area contributed by atoms with E-state index in [-0.39, 0.29) is 0 Å². The van der Waals surface area contributed by atoms with Crippen molar-refractivity contribution in [3.05, 3.63) is 269 Å². The summed E-state index contributed by atoms with van der Waals surface area (Å²) < 4.78 is 0. The first-order valence-electron chi connectivity index (χ1n) is 21.1. The number of aliphatic imine (C=N–C) groups is 1. The average molecular weight is 793 g/mol. The summed E-state index contributed by atoms with van der Waals surface area (Å²) in [4.78, 5) is 3.99. The van der Waals surface area contributed by atoms with Crippen molar-refractivity contribution in [1.82, 2.24) is 0 Å². The summed E-state index contributed by atoms with van der Waals surface area (Å²) >= 11 is 0. The molecule has 0 saturated heterocycles. The summed E-state index contributed by atoms with van der Waals surface area (Å²) in [5.41, 5.74) is 14.3. The van der Waals surface area contributed by atoms with Crippen LogP contribution in [0.1, 0.15) is 38.9 Å². The second kappa shape index (κ2) is 16.3. The van der Waals surface area contributed by atoms with Crippen molar-refractivity contribution in [2.24, 2.45) is 4.99 Å². The molecular formula is C60H44N2. The molecule has 0 aliphatic heterocycles. The van der Waals surface area contributed by atoms with E-state index >= 15 is 0 Å². The molecule has 11 rings (SSSR count). The Balaban J connectivity index is 0.000000214. The van der Waals surface area contributed by atoms with Crippen LogP contribution in [0.3, 0.4) is 0 Å². The smallest absolute Gasteiger partial charge is 0.0716 e. The number of rotatable bonds is 7.